The first-order valence-corrected chi connectivity index (χ1v) is 8.80. The number of aliphatic hydroxyl groups excluding tert-OH is 1. The highest BCUT2D eigenvalue weighted by Gasteiger charge is 2.12. The van der Waals surface area contributed by atoms with Gasteiger partial charge in [0.2, 0.25) is 5.95 Å². The van der Waals surface area contributed by atoms with E-state index in [1.807, 2.05) is 37.3 Å². The molecular formula is C20H23N5O3. The topological polar surface area (TPSA) is 101 Å². The molecule has 2 heterocycles. The first-order chi connectivity index (χ1) is 13.6. The second-order valence-corrected chi connectivity index (χ2v) is 6.10. The van der Waals surface area contributed by atoms with Crippen molar-refractivity contribution in [3.05, 3.63) is 48.7 Å². The molecule has 0 saturated heterocycles. The minimum atomic E-state index is -0.192. The summed E-state index contributed by atoms with van der Waals surface area (Å²) in [6.45, 7) is 1.81. The Morgan fingerprint density at radius 2 is 1.89 bits per heavy atom. The lowest BCUT2D eigenvalue weighted by molar-refractivity contribution is 0.281. The lowest BCUT2D eigenvalue weighted by atomic mass is 10.2. The molecule has 8 heteroatoms. The molecule has 3 aromatic rings. The van der Waals surface area contributed by atoms with Crippen molar-refractivity contribution in [2.75, 3.05) is 31.5 Å². The first-order valence-electron chi connectivity index (χ1n) is 8.80. The predicted molar refractivity (Wildman–Crippen MR) is 108 cm³/mol. The maximum Gasteiger partial charge on any atom is 0.225 e. The molecule has 0 aliphatic carbocycles. The van der Waals surface area contributed by atoms with Gasteiger partial charge >= 0.3 is 0 Å². The number of aliphatic hydroxyl groups is 1. The highest BCUT2D eigenvalue weighted by atomic mass is 16.5. The molecule has 3 N–H and O–H groups in total. The standard InChI is InChI=1S/C20H23N5O3/c1-13(12-26)22-20-24-17(15-6-4-5-9-21-15)11-19(25-20)23-16-8-7-14(27-2)10-18(16)28-3/h4-11,13,26H,12H2,1-3H3,(H2,22,23,24,25)/t13-/m1/s1. The Hall–Kier alpha value is -3.39. The number of ether oxygens (including phenoxy) is 2. The van der Waals surface area contributed by atoms with E-state index in [2.05, 4.69) is 25.6 Å². The highest BCUT2D eigenvalue weighted by Crippen LogP contribution is 2.32. The van der Waals surface area contributed by atoms with Gasteiger partial charge in [0, 0.05) is 24.4 Å². The number of anilines is 3. The summed E-state index contributed by atoms with van der Waals surface area (Å²) in [5.74, 6) is 2.26. The van der Waals surface area contributed by atoms with Gasteiger partial charge in [-0.3, -0.25) is 4.98 Å². The van der Waals surface area contributed by atoms with E-state index >= 15 is 0 Å². The van der Waals surface area contributed by atoms with Crippen molar-refractivity contribution in [3.63, 3.8) is 0 Å². The van der Waals surface area contributed by atoms with Gasteiger partial charge in [0.1, 0.15) is 17.3 Å². The maximum absolute atomic E-state index is 9.33. The lowest BCUT2D eigenvalue weighted by Gasteiger charge is -2.15. The van der Waals surface area contributed by atoms with Crippen molar-refractivity contribution in [3.8, 4) is 22.9 Å². The van der Waals surface area contributed by atoms with Crippen LogP contribution in [0.25, 0.3) is 11.4 Å². The van der Waals surface area contributed by atoms with Crippen molar-refractivity contribution < 1.29 is 14.6 Å². The third-order valence-corrected chi connectivity index (χ3v) is 3.97. The smallest absolute Gasteiger partial charge is 0.225 e. The van der Waals surface area contributed by atoms with Gasteiger partial charge in [0.05, 0.1) is 37.9 Å². The molecule has 1 atom stereocenters. The lowest BCUT2D eigenvalue weighted by Crippen LogP contribution is -2.21. The molecule has 0 aliphatic rings. The zero-order valence-corrected chi connectivity index (χ0v) is 16.0. The number of benzene rings is 1. The second kappa shape index (κ2) is 9.01. The van der Waals surface area contributed by atoms with Crippen molar-refractivity contribution in [2.24, 2.45) is 0 Å². The Morgan fingerprint density at radius 1 is 1.04 bits per heavy atom. The Morgan fingerprint density at radius 3 is 2.57 bits per heavy atom. The van der Waals surface area contributed by atoms with E-state index in [0.29, 0.717) is 34.7 Å². The van der Waals surface area contributed by atoms with E-state index < -0.39 is 0 Å². The molecule has 3 rings (SSSR count). The third kappa shape index (κ3) is 4.66. The van der Waals surface area contributed by atoms with Crippen molar-refractivity contribution in [2.45, 2.75) is 13.0 Å². The summed E-state index contributed by atoms with van der Waals surface area (Å²) < 4.78 is 10.7. The van der Waals surface area contributed by atoms with Gasteiger partial charge < -0.3 is 25.2 Å². The van der Waals surface area contributed by atoms with Gasteiger partial charge in [-0.1, -0.05) is 6.07 Å². The molecule has 0 fully saturated rings. The fourth-order valence-corrected chi connectivity index (χ4v) is 2.53. The van der Waals surface area contributed by atoms with Gasteiger partial charge in [-0.05, 0) is 31.2 Å². The van der Waals surface area contributed by atoms with Crippen LogP contribution in [0.4, 0.5) is 17.5 Å². The molecule has 0 unspecified atom stereocenters. The fraction of sp³-hybridized carbons (Fsp3) is 0.250. The number of hydrogen-bond donors (Lipinski definition) is 3. The van der Waals surface area contributed by atoms with Gasteiger partial charge in [-0.25, -0.2) is 4.98 Å². The molecule has 8 nitrogen and oxygen atoms in total. The van der Waals surface area contributed by atoms with E-state index in [-0.39, 0.29) is 12.6 Å². The van der Waals surface area contributed by atoms with Gasteiger partial charge in [-0.2, -0.15) is 4.98 Å². The second-order valence-electron chi connectivity index (χ2n) is 6.10. The van der Waals surface area contributed by atoms with Crippen LogP contribution < -0.4 is 20.1 Å². The van der Waals surface area contributed by atoms with Crippen LogP contribution in [0.3, 0.4) is 0 Å². The van der Waals surface area contributed by atoms with Crippen LogP contribution in [0.5, 0.6) is 11.5 Å². The zero-order valence-electron chi connectivity index (χ0n) is 16.0. The molecule has 28 heavy (non-hydrogen) atoms. The van der Waals surface area contributed by atoms with Gasteiger partial charge in [0.15, 0.2) is 0 Å². The summed E-state index contributed by atoms with van der Waals surface area (Å²) in [6, 6.07) is 12.7. The average molecular weight is 381 g/mol. The van der Waals surface area contributed by atoms with Crippen LogP contribution in [-0.4, -0.2) is 46.9 Å². The van der Waals surface area contributed by atoms with Crippen molar-refractivity contribution >= 4 is 17.5 Å². The van der Waals surface area contributed by atoms with Crippen LogP contribution in [-0.2, 0) is 0 Å². The molecule has 0 bridgehead atoms. The summed E-state index contributed by atoms with van der Waals surface area (Å²) in [5.41, 5.74) is 2.10. The largest absolute Gasteiger partial charge is 0.497 e. The molecule has 0 spiro atoms. The quantitative estimate of drug-likeness (QED) is 0.547. The molecule has 0 amide bonds. The van der Waals surface area contributed by atoms with Crippen LogP contribution in [0.15, 0.2) is 48.7 Å². The predicted octanol–water partition coefficient (Wildman–Crippen LogP) is 3.09. The van der Waals surface area contributed by atoms with Crippen LogP contribution >= 0.6 is 0 Å². The number of nitrogens with zero attached hydrogens (tertiary/aromatic N) is 3. The van der Waals surface area contributed by atoms with E-state index in [0.717, 1.165) is 5.69 Å². The summed E-state index contributed by atoms with van der Waals surface area (Å²) in [4.78, 5) is 13.4. The molecule has 1 aromatic carbocycles. The van der Waals surface area contributed by atoms with Crippen molar-refractivity contribution in [1.82, 2.24) is 15.0 Å². The average Bonchev–Trinajstić information content (AvgIpc) is 2.74. The summed E-state index contributed by atoms with van der Waals surface area (Å²) in [6.07, 6.45) is 1.71. The fourth-order valence-electron chi connectivity index (χ4n) is 2.53. The number of aromatic nitrogens is 3. The molecule has 2 aromatic heterocycles. The van der Waals surface area contributed by atoms with Gasteiger partial charge in [-0.15, -0.1) is 0 Å². The summed E-state index contributed by atoms with van der Waals surface area (Å²) in [7, 11) is 3.20. The molecular weight excluding hydrogens is 358 g/mol. The molecule has 0 radical (unpaired) electrons. The zero-order chi connectivity index (χ0) is 19.9. The Balaban J connectivity index is 1.99. The molecule has 146 valence electrons. The van der Waals surface area contributed by atoms with Gasteiger partial charge in [0.25, 0.3) is 0 Å². The number of nitrogens with one attached hydrogen (secondary N) is 2. The minimum absolute atomic E-state index is 0.0355. The van der Waals surface area contributed by atoms with Crippen LogP contribution in [0, 0.1) is 0 Å². The normalized spacial score (nSPS) is 11.6. The van der Waals surface area contributed by atoms with Crippen molar-refractivity contribution in [1.29, 1.82) is 0 Å². The molecule has 0 saturated carbocycles. The molecule has 0 aliphatic heterocycles. The Kier molecular flexibility index (Phi) is 6.23. The SMILES string of the molecule is COc1ccc(Nc2cc(-c3ccccn3)nc(N[C@H](C)CO)n2)c(OC)c1. The van der Waals surface area contributed by atoms with E-state index in [9.17, 15) is 5.11 Å². The van der Waals surface area contributed by atoms with Crippen LogP contribution in [0.1, 0.15) is 6.92 Å². The first kappa shape index (κ1) is 19.4. The van der Waals surface area contributed by atoms with E-state index in [1.165, 1.54) is 0 Å². The monoisotopic (exact) mass is 381 g/mol. The maximum atomic E-state index is 9.33. The number of rotatable bonds is 8. The summed E-state index contributed by atoms with van der Waals surface area (Å²) >= 11 is 0. The highest BCUT2D eigenvalue weighted by molar-refractivity contribution is 5.69. The Labute approximate surface area is 163 Å². The van der Waals surface area contributed by atoms with E-state index in [1.54, 1.807) is 32.5 Å². The number of pyridine rings is 1. The minimum Gasteiger partial charge on any atom is -0.497 e. The van der Waals surface area contributed by atoms with Crippen LogP contribution in [0.2, 0.25) is 0 Å². The number of hydrogen-bond acceptors (Lipinski definition) is 8. The Bertz CT molecular complexity index is 921. The third-order valence-electron chi connectivity index (χ3n) is 3.97. The summed E-state index contributed by atoms with van der Waals surface area (Å²) in [5, 5.41) is 15.7. The number of methoxy groups -OCH3 is 2. The van der Waals surface area contributed by atoms with E-state index in [4.69, 9.17) is 9.47 Å².